The van der Waals surface area contributed by atoms with Gasteiger partial charge in [-0.25, -0.2) is 0 Å². The zero-order valence-electron chi connectivity index (χ0n) is 13.1. The summed E-state index contributed by atoms with van der Waals surface area (Å²) in [5.74, 6) is 0. The van der Waals surface area contributed by atoms with Crippen LogP contribution in [0.2, 0.25) is 38.3 Å². The van der Waals surface area contributed by atoms with Gasteiger partial charge in [-0.3, -0.25) is 0 Å². The Hall–Kier alpha value is -0.346. The van der Waals surface area contributed by atoms with Crippen LogP contribution < -0.4 is 10.4 Å². The highest BCUT2D eigenvalue weighted by molar-refractivity contribution is 6.91. The fourth-order valence-corrected chi connectivity index (χ4v) is 8.13. The highest BCUT2D eigenvalue weighted by Crippen LogP contribution is 2.14. The normalized spacial score (nSPS) is 12.8. The average Bonchev–Trinajstić information content (AvgIpc) is 2.29. The molecule has 0 aliphatic rings. The molecule has 0 radical (unpaired) electrons. The molecule has 0 unspecified atom stereocenters. The summed E-state index contributed by atoms with van der Waals surface area (Å²) in [6.07, 6.45) is 2.63. The fraction of sp³-hybridized carbons (Fsp3) is 0.625. The monoisotopic (exact) mass is 278 g/mol. The second-order valence-electron chi connectivity index (χ2n) is 6.85. The first-order valence-corrected chi connectivity index (χ1v) is 13.9. The molecule has 0 fully saturated rings. The molecule has 0 heterocycles. The van der Waals surface area contributed by atoms with Gasteiger partial charge in [-0.05, 0) is 0 Å². The molecule has 0 saturated heterocycles. The zero-order valence-corrected chi connectivity index (χ0v) is 15.1. The minimum atomic E-state index is -1.16. The first-order chi connectivity index (χ1) is 8.33. The summed E-state index contributed by atoms with van der Waals surface area (Å²) >= 11 is 0. The van der Waals surface area contributed by atoms with E-state index in [1.165, 1.54) is 24.9 Å². The van der Waals surface area contributed by atoms with E-state index in [4.69, 9.17) is 0 Å². The molecule has 1 aromatic carbocycles. The van der Waals surface area contributed by atoms with E-state index in [1.54, 1.807) is 10.4 Å². The van der Waals surface area contributed by atoms with Crippen molar-refractivity contribution in [2.45, 2.75) is 65.0 Å². The Morgan fingerprint density at radius 2 is 0.944 bits per heavy atom. The average molecular weight is 279 g/mol. The molecule has 0 nitrogen and oxygen atoms in total. The summed E-state index contributed by atoms with van der Waals surface area (Å²) in [6.45, 7) is 14.6. The molecule has 0 bridgehead atoms. The summed E-state index contributed by atoms with van der Waals surface area (Å²) in [5, 5.41) is 3.27. The largest absolute Gasteiger partial charge is 0.0806 e. The van der Waals surface area contributed by atoms with Crippen LogP contribution in [-0.4, -0.2) is 16.1 Å². The summed E-state index contributed by atoms with van der Waals surface area (Å²) < 4.78 is 0. The number of rotatable bonds is 6. The van der Waals surface area contributed by atoms with Gasteiger partial charge in [0.05, 0.1) is 16.1 Å². The van der Waals surface area contributed by atoms with E-state index in [-0.39, 0.29) is 0 Å². The van der Waals surface area contributed by atoms with Crippen molar-refractivity contribution in [3.63, 3.8) is 0 Å². The van der Waals surface area contributed by atoms with Crippen LogP contribution in [0, 0.1) is 0 Å². The quantitative estimate of drug-likeness (QED) is 0.679. The topological polar surface area (TPSA) is 0 Å². The van der Waals surface area contributed by atoms with Crippen molar-refractivity contribution < 1.29 is 0 Å². The van der Waals surface area contributed by atoms with Gasteiger partial charge >= 0.3 is 0 Å². The molecule has 0 aromatic heterocycles. The Bertz CT molecular complexity index is 326. The predicted octanol–water partition coefficient (Wildman–Crippen LogP) is 4.34. The van der Waals surface area contributed by atoms with E-state index >= 15 is 0 Å². The van der Waals surface area contributed by atoms with Crippen LogP contribution in [-0.2, 0) is 0 Å². The molecule has 102 valence electrons. The maximum absolute atomic E-state index is 2.50. The van der Waals surface area contributed by atoms with Gasteiger partial charge in [0.1, 0.15) is 0 Å². The Morgan fingerprint density at radius 3 is 1.17 bits per heavy atom. The molecular weight excluding hydrogens is 248 g/mol. The molecule has 1 aromatic rings. The lowest BCUT2D eigenvalue weighted by Gasteiger charge is -2.26. The van der Waals surface area contributed by atoms with Crippen LogP contribution in [0.25, 0.3) is 0 Å². The maximum Gasteiger partial charge on any atom is 0.0806 e. The van der Waals surface area contributed by atoms with E-state index in [0.717, 1.165) is 0 Å². The molecule has 2 heteroatoms. The van der Waals surface area contributed by atoms with Crippen molar-refractivity contribution in [1.82, 2.24) is 0 Å². The molecular formula is C16H30Si2. The Kier molecular flexibility index (Phi) is 5.41. The Balaban J connectivity index is 2.92. The minimum absolute atomic E-state index is 1.16. The van der Waals surface area contributed by atoms with Gasteiger partial charge in [-0.15, -0.1) is 0 Å². The SMILES string of the molecule is CCC[Si](C)(C)c1ccc([Si](C)(C)CCC)cc1. The van der Waals surface area contributed by atoms with Gasteiger partial charge in [-0.2, -0.15) is 0 Å². The second kappa shape index (κ2) is 6.20. The highest BCUT2D eigenvalue weighted by Gasteiger charge is 2.25. The van der Waals surface area contributed by atoms with Crippen molar-refractivity contribution in [2.24, 2.45) is 0 Å². The standard InChI is InChI=1S/C16H30Si2/c1-7-13-17(3,4)15-9-11-16(12-10-15)18(5,6)14-8-2/h9-12H,7-8,13-14H2,1-6H3. The summed E-state index contributed by atoms with van der Waals surface area (Å²) in [5.41, 5.74) is 0. The van der Waals surface area contributed by atoms with E-state index in [2.05, 4.69) is 64.3 Å². The van der Waals surface area contributed by atoms with Crippen LogP contribution in [0.1, 0.15) is 26.7 Å². The van der Waals surface area contributed by atoms with Gasteiger partial charge in [0, 0.05) is 0 Å². The second-order valence-corrected chi connectivity index (χ2v) is 16.5. The molecule has 0 spiro atoms. The third-order valence-electron chi connectivity index (χ3n) is 4.20. The Labute approximate surface area is 116 Å². The lowest BCUT2D eigenvalue weighted by atomic mass is 10.4. The number of hydrogen-bond donors (Lipinski definition) is 0. The van der Waals surface area contributed by atoms with Crippen molar-refractivity contribution in [3.05, 3.63) is 24.3 Å². The van der Waals surface area contributed by atoms with Gasteiger partial charge in [0.2, 0.25) is 0 Å². The maximum atomic E-state index is 2.50. The van der Waals surface area contributed by atoms with Crippen LogP contribution in [0.15, 0.2) is 24.3 Å². The molecule has 0 saturated carbocycles. The van der Waals surface area contributed by atoms with Crippen molar-refractivity contribution >= 4 is 26.5 Å². The first kappa shape index (κ1) is 15.7. The van der Waals surface area contributed by atoms with E-state index in [1.807, 2.05) is 0 Å². The highest BCUT2D eigenvalue weighted by atomic mass is 28.3. The van der Waals surface area contributed by atoms with Gasteiger partial charge in [0.25, 0.3) is 0 Å². The van der Waals surface area contributed by atoms with E-state index < -0.39 is 16.1 Å². The lowest BCUT2D eigenvalue weighted by molar-refractivity contribution is 1.05. The predicted molar refractivity (Wildman–Crippen MR) is 90.9 cm³/mol. The molecule has 0 aliphatic heterocycles. The molecule has 0 N–H and O–H groups in total. The van der Waals surface area contributed by atoms with Crippen LogP contribution in [0.3, 0.4) is 0 Å². The zero-order chi connectivity index (χ0) is 13.8. The molecule has 1 rings (SSSR count). The molecule has 0 aliphatic carbocycles. The third kappa shape index (κ3) is 3.82. The van der Waals surface area contributed by atoms with Crippen LogP contribution >= 0.6 is 0 Å². The van der Waals surface area contributed by atoms with Gasteiger partial charge < -0.3 is 0 Å². The number of hydrogen-bond acceptors (Lipinski definition) is 0. The first-order valence-electron chi connectivity index (χ1n) is 7.44. The smallest absolute Gasteiger partial charge is 0.0656 e. The molecule has 0 amide bonds. The van der Waals surface area contributed by atoms with Crippen molar-refractivity contribution in [3.8, 4) is 0 Å². The van der Waals surface area contributed by atoms with Gasteiger partial charge in [-0.1, -0.05) is 99.6 Å². The third-order valence-corrected chi connectivity index (χ3v) is 11.5. The van der Waals surface area contributed by atoms with E-state index in [9.17, 15) is 0 Å². The van der Waals surface area contributed by atoms with Crippen LogP contribution in [0.5, 0.6) is 0 Å². The summed E-state index contributed by atoms with van der Waals surface area (Å²) in [4.78, 5) is 0. The Morgan fingerprint density at radius 1 is 0.667 bits per heavy atom. The summed E-state index contributed by atoms with van der Waals surface area (Å²) in [7, 11) is -2.33. The lowest BCUT2D eigenvalue weighted by Crippen LogP contribution is -2.45. The van der Waals surface area contributed by atoms with E-state index in [0.29, 0.717) is 0 Å². The fourth-order valence-electron chi connectivity index (χ4n) is 2.91. The van der Waals surface area contributed by atoms with Crippen molar-refractivity contribution in [1.29, 1.82) is 0 Å². The molecule has 0 atom stereocenters. The van der Waals surface area contributed by atoms with Gasteiger partial charge in [0.15, 0.2) is 0 Å². The summed E-state index contributed by atoms with van der Waals surface area (Å²) in [6, 6.07) is 12.5. The minimum Gasteiger partial charge on any atom is -0.0656 e. The van der Waals surface area contributed by atoms with Crippen LogP contribution in [0.4, 0.5) is 0 Å². The number of benzene rings is 1. The molecule has 18 heavy (non-hydrogen) atoms. The van der Waals surface area contributed by atoms with Crippen molar-refractivity contribution in [2.75, 3.05) is 0 Å².